The van der Waals surface area contributed by atoms with Crippen LogP contribution >= 0.6 is 0 Å². The summed E-state index contributed by atoms with van der Waals surface area (Å²) in [5, 5.41) is 18.6. The maximum atomic E-state index is 11.6. The van der Waals surface area contributed by atoms with Gasteiger partial charge in [0.2, 0.25) is 0 Å². The Bertz CT molecular complexity index is 332. The molecule has 0 saturated carbocycles. The Kier molecular flexibility index (Phi) is 5.37. The number of carbonyl (C=O) groups excluding carboxylic acids is 1. The van der Waals surface area contributed by atoms with Crippen LogP contribution in [-0.4, -0.2) is 23.3 Å². The van der Waals surface area contributed by atoms with Crippen LogP contribution in [0.2, 0.25) is 0 Å². The summed E-state index contributed by atoms with van der Waals surface area (Å²) >= 11 is 0. The van der Waals surface area contributed by atoms with E-state index < -0.39 is 22.9 Å². The summed E-state index contributed by atoms with van der Waals surface area (Å²) in [5.74, 6) is -1.40. The van der Waals surface area contributed by atoms with E-state index in [9.17, 15) is 9.90 Å². The lowest BCUT2D eigenvalue weighted by Gasteiger charge is -2.25. The number of hydrogen-bond acceptors (Lipinski definition) is 4. The third kappa shape index (κ3) is 5.50. The first-order chi connectivity index (χ1) is 7.64. The van der Waals surface area contributed by atoms with Crippen molar-refractivity contribution in [2.75, 3.05) is 6.61 Å². The van der Waals surface area contributed by atoms with Gasteiger partial charge in [0.25, 0.3) is 0 Å². The quantitative estimate of drug-likeness (QED) is 0.588. The van der Waals surface area contributed by atoms with E-state index in [1.54, 1.807) is 46.8 Å². The lowest BCUT2D eigenvalue weighted by Crippen LogP contribution is -2.30. The molecule has 0 aromatic heterocycles. The Balaban J connectivity index is 4.95. The van der Waals surface area contributed by atoms with Gasteiger partial charge in [-0.1, -0.05) is 26.0 Å². The zero-order chi connectivity index (χ0) is 13.7. The van der Waals surface area contributed by atoms with E-state index in [0.717, 1.165) is 0 Å². The van der Waals surface area contributed by atoms with Crippen molar-refractivity contribution >= 4 is 5.97 Å². The maximum Gasteiger partial charge on any atom is 0.324 e. The number of hydrogen-bond donors (Lipinski definition) is 1. The van der Waals surface area contributed by atoms with E-state index in [0.29, 0.717) is 0 Å². The molecule has 0 radical (unpaired) electrons. The molecule has 4 heteroatoms. The topological polar surface area (TPSA) is 70.3 Å². The highest BCUT2D eigenvalue weighted by atomic mass is 16.5. The fraction of sp³-hybridized carbons (Fsp3) is 0.692. The van der Waals surface area contributed by atoms with E-state index in [1.165, 1.54) is 0 Å². The Hall–Kier alpha value is -1.34. The van der Waals surface area contributed by atoms with Crippen molar-refractivity contribution in [1.29, 1.82) is 5.26 Å². The fourth-order valence-corrected chi connectivity index (χ4v) is 1.26. The highest BCUT2D eigenvalue weighted by molar-refractivity contribution is 5.76. The first-order valence-corrected chi connectivity index (χ1v) is 5.63. The first kappa shape index (κ1) is 15.7. The highest BCUT2D eigenvalue weighted by Gasteiger charge is 2.35. The van der Waals surface area contributed by atoms with Crippen LogP contribution in [0, 0.1) is 22.7 Å². The second-order valence-corrected chi connectivity index (χ2v) is 5.12. The van der Waals surface area contributed by atoms with Gasteiger partial charge in [-0.25, -0.2) is 0 Å². The van der Waals surface area contributed by atoms with Gasteiger partial charge in [0.1, 0.15) is 0 Å². The van der Waals surface area contributed by atoms with Crippen molar-refractivity contribution in [3.63, 3.8) is 0 Å². The zero-order valence-corrected chi connectivity index (χ0v) is 11.2. The molecule has 0 fully saturated rings. The molecule has 0 aromatic rings. The summed E-state index contributed by atoms with van der Waals surface area (Å²) in [5.41, 5.74) is -1.65. The Morgan fingerprint density at radius 2 is 1.94 bits per heavy atom. The molecule has 0 rings (SSSR count). The van der Waals surface area contributed by atoms with E-state index in [4.69, 9.17) is 10.00 Å². The number of nitriles is 1. The van der Waals surface area contributed by atoms with Gasteiger partial charge < -0.3 is 9.84 Å². The molecule has 0 spiro atoms. The van der Waals surface area contributed by atoms with Crippen LogP contribution in [-0.2, 0) is 9.53 Å². The van der Waals surface area contributed by atoms with Crippen molar-refractivity contribution < 1.29 is 14.6 Å². The number of rotatable bonds is 5. The summed E-state index contributed by atoms with van der Waals surface area (Å²) in [4.78, 5) is 11.6. The third-order valence-electron chi connectivity index (χ3n) is 2.32. The molecule has 0 aliphatic rings. The summed E-state index contributed by atoms with van der Waals surface area (Å²) in [6.45, 7) is 8.74. The van der Waals surface area contributed by atoms with Gasteiger partial charge in [-0.15, -0.1) is 0 Å². The minimum absolute atomic E-state index is 0.252. The number of ether oxygens (including phenoxy) is 1. The van der Waals surface area contributed by atoms with Gasteiger partial charge >= 0.3 is 5.97 Å². The van der Waals surface area contributed by atoms with Crippen LogP contribution < -0.4 is 0 Å². The molecule has 1 atom stereocenters. The Morgan fingerprint density at radius 3 is 2.29 bits per heavy atom. The van der Waals surface area contributed by atoms with Crippen molar-refractivity contribution in [2.24, 2.45) is 11.3 Å². The Morgan fingerprint density at radius 1 is 1.41 bits per heavy atom. The number of carbonyl (C=O) groups is 1. The van der Waals surface area contributed by atoms with Crippen molar-refractivity contribution in [3.8, 4) is 6.07 Å². The van der Waals surface area contributed by atoms with Gasteiger partial charge in [-0.2, -0.15) is 5.26 Å². The van der Waals surface area contributed by atoms with Crippen LogP contribution in [0.3, 0.4) is 0 Å². The lowest BCUT2D eigenvalue weighted by atomic mass is 9.78. The molecular weight excluding hydrogens is 218 g/mol. The summed E-state index contributed by atoms with van der Waals surface area (Å²) in [6.07, 6.45) is 3.26. The SMILES string of the molecule is CCOC(=O)C(C#N)C(C)(C)/C=C/C(C)(C)O. The number of esters is 1. The van der Waals surface area contributed by atoms with E-state index in [1.807, 2.05) is 6.07 Å². The molecule has 0 heterocycles. The maximum absolute atomic E-state index is 11.6. The normalized spacial score (nSPS) is 14.4. The summed E-state index contributed by atoms with van der Waals surface area (Å²) in [7, 11) is 0. The van der Waals surface area contributed by atoms with Crippen LogP contribution in [0.5, 0.6) is 0 Å². The molecule has 0 aliphatic carbocycles. The van der Waals surface area contributed by atoms with Gasteiger partial charge in [0, 0.05) is 5.41 Å². The van der Waals surface area contributed by atoms with E-state index in [2.05, 4.69) is 0 Å². The molecule has 4 nitrogen and oxygen atoms in total. The van der Waals surface area contributed by atoms with Crippen LogP contribution in [0.4, 0.5) is 0 Å². The molecule has 0 aromatic carbocycles. The van der Waals surface area contributed by atoms with Crippen molar-refractivity contribution in [3.05, 3.63) is 12.2 Å². The van der Waals surface area contributed by atoms with Gasteiger partial charge in [0.05, 0.1) is 18.3 Å². The summed E-state index contributed by atoms with van der Waals surface area (Å²) in [6, 6.07) is 1.96. The average molecular weight is 239 g/mol. The second kappa shape index (κ2) is 5.83. The standard InChI is InChI=1S/C13H21NO3/c1-6-17-11(15)10(9-14)12(2,3)7-8-13(4,5)16/h7-8,10,16H,6H2,1-5H3/b8-7+. The average Bonchev–Trinajstić information content (AvgIpc) is 2.15. The molecular formula is C13H21NO3. The Labute approximate surface area is 103 Å². The zero-order valence-electron chi connectivity index (χ0n) is 11.2. The predicted molar refractivity (Wildman–Crippen MR) is 65.0 cm³/mol. The third-order valence-corrected chi connectivity index (χ3v) is 2.32. The summed E-state index contributed by atoms with van der Waals surface area (Å²) < 4.78 is 4.86. The first-order valence-electron chi connectivity index (χ1n) is 5.63. The van der Waals surface area contributed by atoms with E-state index >= 15 is 0 Å². The second-order valence-electron chi connectivity index (χ2n) is 5.12. The van der Waals surface area contributed by atoms with Crippen LogP contribution in [0.1, 0.15) is 34.6 Å². The van der Waals surface area contributed by atoms with Gasteiger partial charge in [-0.05, 0) is 20.8 Å². The van der Waals surface area contributed by atoms with Crippen molar-refractivity contribution in [2.45, 2.75) is 40.2 Å². The fourth-order valence-electron chi connectivity index (χ4n) is 1.26. The molecule has 0 saturated heterocycles. The lowest BCUT2D eigenvalue weighted by molar-refractivity contribution is -0.148. The molecule has 96 valence electrons. The predicted octanol–water partition coefficient (Wildman–Crippen LogP) is 2.04. The molecule has 0 amide bonds. The molecule has 1 N–H and O–H groups in total. The largest absolute Gasteiger partial charge is 0.465 e. The van der Waals surface area contributed by atoms with E-state index in [-0.39, 0.29) is 6.61 Å². The monoisotopic (exact) mass is 239 g/mol. The smallest absolute Gasteiger partial charge is 0.324 e. The number of aliphatic hydroxyl groups is 1. The van der Waals surface area contributed by atoms with Gasteiger partial charge in [-0.3, -0.25) is 4.79 Å². The molecule has 1 unspecified atom stereocenters. The van der Waals surface area contributed by atoms with Crippen LogP contribution in [0.25, 0.3) is 0 Å². The van der Waals surface area contributed by atoms with Crippen LogP contribution in [0.15, 0.2) is 12.2 Å². The van der Waals surface area contributed by atoms with Crippen molar-refractivity contribution in [1.82, 2.24) is 0 Å². The molecule has 0 aliphatic heterocycles. The van der Waals surface area contributed by atoms with Gasteiger partial charge in [0.15, 0.2) is 5.92 Å². The minimum atomic E-state index is -0.966. The molecule has 0 bridgehead atoms. The minimum Gasteiger partial charge on any atom is -0.465 e. The number of nitrogens with zero attached hydrogens (tertiary/aromatic N) is 1. The molecule has 17 heavy (non-hydrogen) atoms. The number of allylic oxidation sites excluding steroid dienone is 1. The highest BCUT2D eigenvalue weighted by Crippen LogP contribution is 2.30.